The van der Waals surface area contributed by atoms with E-state index >= 15 is 0 Å². The van der Waals surface area contributed by atoms with Crippen molar-refractivity contribution in [2.24, 2.45) is 5.92 Å². The molecule has 1 rings (SSSR count). The zero-order chi connectivity index (χ0) is 14.8. The largest absolute Gasteiger partial charge is 0.508 e. The van der Waals surface area contributed by atoms with E-state index in [0.717, 1.165) is 5.56 Å². The van der Waals surface area contributed by atoms with Crippen molar-refractivity contribution in [1.29, 1.82) is 0 Å². The summed E-state index contributed by atoms with van der Waals surface area (Å²) in [4.78, 5) is 22.3. The lowest BCUT2D eigenvalue weighted by atomic mass is 10.0. The lowest BCUT2D eigenvalue weighted by Crippen LogP contribution is -2.33. The zero-order valence-corrected chi connectivity index (χ0v) is 12.1. The molecule has 2 N–H and O–H groups in total. The van der Waals surface area contributed by atoms with Crippen LogP contribution in [0, 0.1) is 5.92 Å². The number of carbonyl (C=O) groups excluding carboxylic acids is 2. The Morgan fingerprint density at radius 2 is 1.74 bits per heavy atom. The third-order valence-corrected chi connectivity index (χ3v) is 2.44. The molecule has 19 heavy (non-hydrogen) atoms. The molecule has 0 saturated heterocycles. The minimum atomic E-state index is -0.195. The van der Waals surface area contributed by atoms with Gasteiger partial charge in [-0.1, -0.05) is 32.9 Å². The summed E-state index contributed by atoms with van der Waals surface area (Å²) in [6, 6.07) is 6.75. The van der Waals surface area contributed by atoms with Crippen molar-refractivity contribution in [2.75, 3.05) is 6.54 Å². The van der Waals surface area contributed by atoms with Crippen molar-refractivity contribution in [3.05, 3.63) is 29.8 Å². The highest BCUT2D eigenvalue weighted by Crippen LogP contribution is 2.13. The van der Waals surface area contributed by atoms with Crippen LogP contribution >= 0.6 is 0 Å². The summed E-state index contributed by atoms with van der Waals surface area (Å²) in [5.74, 6) is -0.176. The number of phenolic OH excluding ortho intramolecular Hbond substituents is 1. The number of phenols is 1. The maximum Gasteiger partial charge on any atom is 0.223 e. The predicted octanol–water partition coefficient (Wildman–Crippen LogP) is 2.30. The van der Waals surface area contributed by atoms with Gasteiger partial charge in [0.15, 0.2) is 0 Å². The molecule has 1 aromatic carbocycles. The fourth-order valence-electron chi connectivity index (χ4n) is 1.46. The molecule has 4 nitrogen and oxygen atoms in total. The summed E-state index contributed by atoms with van der Waals surface area (Å²) in [5.41, 5.74) is 0.980. The fraction of sp³-hybridized carbons (Fsp3) is 0.467. The van der Waals surface area contributed by atoms with Crippen LogP contribution in [0.1, 0.15) is 33.3 Å². The van der Waals surface area contributed by atoms with Gasteiger partial charge in [-0.2, -0.15) is 0 Å². The van der Waals surface area contributed by atoms with Crippen LogP contribution in [0.15, 0.2) is 24.3 Å². The Kier molecular flexibility index (Phi) is 8.25. The third-order valence-electron chi connectivity index (χ3n) is 2.44. The van der Waals surface area contributed by atoms with Crippen molar-refractivity contribution in [3.8, 4) is 5.75 Å². The number of nitrogens with one attached hydrogen (secondary N) is 1. The van der Waals surface area contributed by atoms with E-state index in [-0.39, 0.29) is 29.9 Å². The quantitative estimate of drug-likeness (QED) is 0.858. The molecule has 0 aliphatic rings. The van der Waals surface area contributed by atoms with Gasteiger partial charge in [0.25, 0.3) is 0 Å². The Morgan fingerprint density at radius 1 is 1.21 bits per heavy atom. The van der Waals surface area contributed by atoms with E-state index < -0.39 is 0 Å². The van der Waals surface area contributed by atoms with Gasteiger partial charge < -0.3 is 10.4 Å². The number of aromatic hydroxyl groups is 1. The SMILES string of the molecule is CC.CC(=O)CNC(=O)[C@@H](C)Cc1ccc(O)cc1. The van der Waals surface area contributed by atoms with Crippen LogP contribution < -0.4 is 5.32 Å². The molecule has 0 spiro atoms. The number of Topliss-reactive ketones (excluding diaryl/α,β-unsaturated/α-hetero) is 1. The Bertz CT molecular complexity index is 398. The maximum absolute atomic E-state index is 11.6. The van der Waals surface area contributed by atoms with Gasteiger partial charge in [0, 0.05) is 5.92 Å². The number of carbonyl (C=O) groups is 2. The molecular weight excluding hydrogens is 242 g/mol. The first-order valence-corrected chi connectivity index (χ1v) is 6.54. The van der Waals surface area contributed by atoms with E-state index in [1.807, 2.05) is 20.8 Å². The smallest absolute Gasteiger partial charge is 0.223 e. The molecule has 0 heterocycles. The number of amides is 1. The topological polar surface area (TPSA) is 66.4 Å². The van der Waals surface area contributed by atoms with E-state index in [9.17, 15) is 9.59 Å². The van der Waals surface area contributed by atoms with Gasteiger partial charge >= 0.3 is 0 Å². The van der Waals surface area contributed by atoms with Crippen LogP contribution in [0.5, 0.6) is 5.75 Å². The lowest BCUT2D eigenvalue weighted by molar-refractivity contribution is -0.127. The van der Waals surface area contributed by atoms with E-state index in [1.54, 1.807) is 24.3 Å². The van der Waals surface area contributed by atoms with Crippen LogP contribution in [0.3, 0.4) is 0 Å². The van der Waals surface area contributed by atoms with Crippen LogP contribution in [0.25, 0.3) is 0 Å². The number of hydrogen-bond acceptors (Lipinski definition) is 3. The maximum atomic E-state index is 11.6. The summed E-state index contributed by atoms with van der Waals surface area (Å²) in [5, 5.41) is 11.7. The van der Waals surface area contributed by atoms with Crippen LogP contribution in [0.2, 0.25) is 0 Å². The molecule has 0 aliphatic heterocycles. The Hall–Kier alpha value is -1.84. The molecule has 106 valence electrons. The summed E-state index contributed by atoms with van der Waals surface area (Å²) in [6.07, 6.45) is 0.587. The van der Waals surface area contributed by atoms with Gasteiger partial charge in [-0.05, 0) is 31.0 Å². The fourth-order valence-corrected chi connectivity index (χ4v) is 1.46. The standard InChI is InChI=1S/C13H17NO3.C2H6/c1-9(13(17)14-8-10(2)15)7-11-3-5-12(16)6-4-11;1-2/h3-6,9,16H,7-8H2,1-2H3,(H,14,17);1-2H3/t9-;/m0./s1. The highest BCUT2D eigenvalue weighted by molar-refractivity contribution is 5.85. The van der Waals surface area contributed by atoms with Crippen molar-refractivity contribution in [1.82, 2.24) is 5.32 Å². The summed E-state index contributed by atoms with van der Waals surface area (Å²) in [6.45, 7) is 7.33. The molecule has 1 atom stereocenters. The van der Waals surface area contributed by atoms with Gasteiger partial charge in [0.2, 0.25) is 5.91 Å². The minimum absolute atomic E-state index is 0.0600. The van der Waals surface area contributed by atoms with Crippen LogP contribution in [-0.4, -0.2) is 23.3 Å². The van der Waals surface area contributed by atoms with Gasteiger partial charge in [0.05, 0.1) is 6.54 Å². The van der Waals surface area contributed by atoms with Crippen LogP contribution in [0.4, 0.5) is 0 Å². The van der Waals surface area contributed by atoms with Gasteiger partial charge in [-0.25, -0.2) is 0 Å². The van der Waals surface area contributed by atoms with E-state index in [4.69, 9.17) is 5.11 Å². The Labute approximate surface area is 114 Å². The second-order valence-electron chi connectivity index (χ2n) is 4.19. The molecule has 1 aromatic rings. The van der Waals surface area contributed by atoms with Crippen molar-refractivity contribution < 1.29 is 14.7 Å². The Morgan fingerprint density at radius 3 is 2.21 bits per heavy atom. The molecule has 0 aliphatic carbocycles. The number of rotatable bonds is 5. The summed E-state index contributed by atoms with van der Waals surface area (Å²) >= 11 is 0. The van der Waals surface area contributed by atoms with Gasteiger partial charge in [-0.15, -0.1) is 0 Å². The zero-order valence-electron chi connectivity index (χ0n) is 12.1. The normalized spacial score (nSPS) is 10.9. The minimum Gasteiger partial charge on any atom is -0.508 e. The summed E-state index contributed by atoms with van der Waals surface area (Å²) < 4.78 is 0. The monoisotopic (exact) mass is 265 g/mol. The number of hydrogen-bond donors (Lipinski definition) is 2. The molecule has 4 heteroatoms. The van der Waals surface area contributed by atoms with Crippen molar-refractivity contribution >= 4 is 11.7 Å². The second-order valence-corrected chi connectivity index (χ2v) is 4.19. The van der Waals surface area contributed by atoms with Crippen molar-refractivity contribution in [2.45, 2.75) is 34.1 Å². The van der Waals surface area contributed by atoms with E-state index in [2.05, 4.69) is 5.32 Å². The molecule has 1 amide bonds. The average molecular weight is 265 g/mol. The Balaban J connectivity index is 0.00000154. The van der Waals surface area contributed by atoms with Crippen molar-refractivity contribution in [3.63, 3.8) is 0 Å². The summed E-state index contributed by atoms with van der Waals surface area (Å²) in [7, 11) is 0. The first-order chi connectivity index (χ1) is 8.99. The molecule has 0 radical (unpaired) electrons. The lowest BCUT2D eigenvalue weighted by Gasteiger charge is -2.11. The highest BCUT2D eigenvalue weighted by Gasteiger charge is 2.13. The molecule has 0 saturated carbocycles. The second kappa shape index (κ2) is 9.14. The van der Waals surface area contributed by atoms with E-state index in [0.29, 0.717) is 6.42 Å². The first-order valence-electron chi connectivity index (χ1n) is 6.54. The van der Waals surface area contributed by atoms with Gasteiger partial charge in [0.1, 0.15) is 11.5 Å². The van der Waals surface area contributed by atoms with Crippen LogP contribution in [-0.2, 0) is 16.0 Å². The molecule has 0 unspecified atom stereocenters. The number of benzene rings is 1. The van der Waals surface area contributed by atoms with Gasteiger partial charge in [-0.3, -0.25) is 9.59 Å². The first kappa shape index (κ1) is 17.2. The highest BCUT2D eigenvalue weighted by atomic mass is 16.3. The average Bonchev–Trinajstić information content (AvgIpc) is 2.40. The molecule has 0 bridgehead atoms. The number of ketones is 1. The molecule has 0 fully saturated rings. The molecule has 0 aromatic heterocycles. The molecular formula is C15H23NO3. The van der Waals surface area contributed by atoms with E-state index in [1.165, 1.54) is 6.92 Å². The predicted molar refractivity (Wildman–Crippen MR) is 76.0 cm³/mol. The third kappa shape index (κ3) is 7.24.